The molecule has 1 heterocycles. The number of unbranched alkanes of at least 4 members (excludes halogenated alkanes) is 2. The van der Waals surface area contributed by atoms with E-state index in [1.165, 1.54) is 7.11 Å². The van der Waals surface area contributed by atoms with E-state index in [0.29, 0.717) is 25.1 Å². The highest BCUT2D eigenvalue weighted by atomic mass is 16.5. The molecule has 0 saturated carbocycles. The summed E-state index contributed by atoms with van der Waals surface area (Å²) < 4.78 is 6.44. The lowest BCUT2D eigenvalue weighted by Gasteiger charge is -2.07. The van der Waals surface area contributed by atoms with Crippen LogP contribution in [0.4, 0.5) is 0 Å². The van der Waals surface area contributed by atoms with Crippen LogP contribution >= 0.6 is 0 Å². The number of nitrogens with one attached hydrogen (secondary N) is 1. The predicted molar refractivity (Wildman–Crippen MR) is 106 cm³/mol. The Morgan fingerprint density at radius 1 is 1.04 bits per heavy atom. The molecule has 0 aliphatic heterocycles. The van der Waals surface area contributed by atoms with Crippen LogP contribution in [0.15, 0.2) is 48.5 Å². The number of benzene rings is 2. The molecule has 0 fully saturated rings. The second-order valence-electron chi connectivity index (χ2n) is 6.58. The molecule has 7 heteroatoms. The molecule has 7 nitrogen and oxygen atoms in total. The number of esters is 1. The average Bonchev–Trinajstić information content (AvgIpc) is 3.13. The number of para-hydroxylation sites is 1. The van der Waals surface area contributed by atoms with Gasteiger partial charge in [0, 0.05) is 18.5 Å². The normalized spacial score (nSPS) is 10.8. The Morgan fingerprint density at radius 2 is 1.82 bits per heavy atom. The van der Waals surface area contributed by atoms with Crippen molar-refractivity contribution in [3.8, 4) is 0 Å². The molecular weight excluding hydrogens is 356 g/mol. The lowest BCUT2D eigenvalue weighted by molar-refractivity contribution is -0.140. The first-order valence-electron chi connectivity index (χ1n) is 9.39. The van der Waals surface area contributed by atoms with E-state index in [1.54, 1.807) is 0 Å². The number of carbonyl (C=O) groups is 2. The van der Waals surface area contributed by atoms with Crippen LogP contribution in [0.2, 0.25) is 0 Å². The quantitative estimate of drug-likeness (QED) is 0.456. The molecule has 1 aromatic heterocycles. The fourth-order valence-electron chi connectivity index (χ4n) is 2.95. The minimum atomic E-state index is -0.192. The Balaban J connectivity index is 1.46. The number of ether oxygens (including phenoxy) is 1. The largest absolute Gasteiger partial charge is 0.469 e. The molecule has 3 aromatic rings. The number of amides is 1. The second-order valence-corrected chi connectivity index (χ2v) is 6.58. The van der Waals surface area contributed by atoms with Gasteiger partial charge in [-0.05, 0) is 42.7 Å². The smallest absolute Gasteiger partial charge is 0.305 e. The van der Waals surface area contributed by atoms with Gasteiger partial charge in [-0.25, -0.2) is 4.68 Å². The average molecular weight is 380 g/mol. The Hall–Kier alpha value is -3.22. The van der Waals surface area contributed by atoms with Crippen molar-refractivity contribution in [1.82, 2.24) is 20.3 Å². The maximum Gasteiger partial charge on any atom is 0.305 e. The summed E-state index contributed by atoms with van der Waals surface area (Å²) in [4.78, 5) is 23.3. The van der Waals surface area contributed by atoms with Gasteiger partial charge in [-0.3, -0.25) is 9.59 Å². The van der Waals surface area contributed by atoms with E-state index < -0.39 is 0 Å². The van der Waals surface area contributed by atoms with Gasteiger partial charge < -0.3 is 10.1 Å². The molecule has 0 aliphatic rings. The van der Waals surface area contributed by atoms with Crippen molar-refractivity contribution in [2.75, 3.05) is 13.7 Å². The maximum atomic E-state index is 12.2. The number of aromatic nitrogens is 3. The first-order chi connectivity index (χ1) is 13.7. The molecule has 0 atom stereocenters. The Bertz CT molecular complexity index is 934. The van der Waals surface area contributed by atoms with Crippen molar-refractivity contribution in [3.05, 3.63) is 59.7 Å². The first-order valence-corrected chi connectivity index (χ1v) is 9.39. The highest BCUT2D eigenvalue weighted by Crippen LogP contribution is 2.13. The standard InChI is InChI=1S/C21H24N4O3/c1-28-20(26)9-3-2-6-14-22-21(27)17-12-10-16(11-13-17)15-25-19-8-5-4-7-18(19)23-24-25/h4-5,7-8,10-13H,2-3,6,9,14-15H2,1H3,(H,22,27). The SMILES string of the molecule is COC(=O)CCCCCNC(=O)c1ccc(Cn2nnc3ccccc32)cc1. The van der Waals surface area contributed by atoms with Crippen LogP contribution in [-0.2, 0) is 16.1 Å². The summed E-state index contributed by atoms with van der Waals surface area (Å²) in [6, 6.07) is 15.3. The zero-order valence-electron chi connectivity index (χ0n) is 15.9. The molecule has 0 unspecified atom stereocenters. The van der Waals surface area contributed by atoms with Gasteiger partial charge in [-0.1, -0.05) is 35.9 Å². The third-order valence-corrected chi connectivity index (χ3v) is 4.54. The number of fused-ring (bicyclic) bond motifs is 1. The highest BCUT2D eigenvalue weighted by Gasteiger charge is 2.07. The van der Waals surface area contributed by atoms with Gasteiger partial charge in [0.15, 0.2) is 0 Å². The molecule has 1 amide bonds. The van der Waals surface area contributed by atoms with Crippen molar-refractivity contribution in [1.29, 1.82) is 0 Å². The Labute approximate surface area is 163 Å². The van der Waals surface area contributed by atoms with E-state index in [4.69, 9.17) is 0 Å². The van der Waals surface area contributed by atoms with Crippen LogP contribution in [0, 0.1) is 0 Å². The third-order valence-electron chi connectivity index (χ3n) is 4.54. The minimum Gasteiger partial charge on any atom is -0.469 e. The van der Waals surface area contributed by atoms with Crippen LogP contribution in [0.5, 0.6) is 0 Å². The summed E-state index contributed by atoms with van der Waals surface area (Å²) >= 11 is 0. The zero-order chi connectivity index (χ0) is 19.8. The van der Waals surface area contributed by atoms with E-state index in [9.17, 15) is 9.59 Å². The van der Waals surface area contributed by atoms with Crippen molar-refractivity contribution < 1.29 is 14.3 Å². The third kappa shape index (κ3) is 5.16. The molecule has 28 heavy (non-hydrogen) atoms. The summed E-state index contributed by atoms with van der Waals surface area (Å²) in [5.41, 5.74) is 3.53. The fraction of sp³-hybridized carbons (Fsp3) is 0.333. The molecule has 0 aliphatic carbocycles. The lowest BCUT2D eigenvalue weighted by Crippen LogP contribution is -2.24. The Kier molecular flexibility index (Phi) is 6.73. The number of rotatable bonds is 9. The molecule has 146 valence electrons. The highest BCUT2D eigenvalue weighted by molar-refractivity contribution is 5.94. The van der Waals surface area contributed by atoms with Crippen molar-refractivity contribution >= 4 is 22.9 Å². The Morgan fingerprint density at radius 3 is 2.61 bits per heavy atom. The molecule has 1 N–H and O–H groups in total. The van der Waals surface area contributed by atoms with Crippen LogP contribution in [-0.4, -0.2) is 40.5 Å². The lowest BCUT2D eigenvalue weighted by atomic mass is 10.1. The molecule has 0 saturated heterocycles. The van der Waals surface area contributed by atoms with Crippen molar-refractivity contribution in [2.24, 2.45) is 0 Å². The summed E-state index contributed by atoms with van der Waals surface area (Å²) in [5.74, 6) is -0.284. The number of hydrogen-bond donors (Lipinski definition) is 1. The maximum absolute atomic E-state index is 12.2. The van der Waals surface area contributed by atoms with Crippen molar-refractivity contribution in [3.63, 3.8) is 0 Å². The van der Waals surface area contributed by atoms with Crippen molar-refractivity contribution in [2.45, 2.75) is 32.2 Å². The van der Waals surface area contributed by atoms with Crippen LogP contribution in [0.25, 0.3) is 11.0 Å². The molecular formula is C21H24N4O3. The van der Waals surface area contributed by atoms with Gasteiger partial charge in [-0.2, -0.15) is 0 Å². The van der Waals surface area contributed by atoms with Crippen LogP contribution < -0.4 is 5.32 Å². The van der Waals surface area contributed by atoms with Gasteiger partial charge in [0.2, 0.25) is 0 Å². The molecule has 2 aromatic carbocycles. The number of hydrogen-bond acceptors (Lipinski definition) is 5. The molecule has 0 radical (unpaired) electrons. The first kappa shape index (κ1) is 19.5. The number of nitrogens with zero attached hydrogens (tertiary/aromatic N) is 3. The molecule has 0 spiro atoms. The number of carbonyl (C=O) groups excluding carboxylic acids is 2. The minimum absolute atomic E-state index is 0.0919. The van der Waals surface area contributed by atoms with Gasteiger partial charge >= 0.3 is 5.97 Å². The van der Waals surface area contributed by atoms with E-state index in [0.717, 1.165) is 35.9 Å². The molecule has 3 rings (SSSR count). The van der Waals surface area contributed by atoms with E-state index >= 15 is 0 Å². The summed E-state index contributed by atoms with van der Waals surface area (Å²) in [6.45, 7) is 1.19. The summed E-state index contributed by atoms with van der Waals surface area (Å²) in [6.07, 6.45) is 2.90. The summed E-state index contributed by atoms with van der Waals surface area (Å²) in [5, 5.41) is 11.2. The van der Waals surface area contributed by atoms with E-state index in [-0.39, 0.29) is 11.9 Å². The summed E-state index contributed by atoms with van der Waals surface area (Å²) in [7, 11) is 1.39. The van der Waals surface area contributed by atoms with Crippen LogP contribution in [0.3, 0.4) is 0 Å². The van der Waals surface area contributed by atoms with Crippen LogP contribution in [0.1, 0.15) is 41.6 Å². The monoisotopic (exact) mass is 380 g/mol. The van der Waals surface area contributed by atoms with Gasteiger partial charge in [0.05, 0.1) is 19.2 Å². The number of methoxy groups -OCH3 is 1. The second kappa shape index (κ2) is 9.64. The fourth-order valence-corrected chi connectivity index (χ4v) is 2.95. The predicted octanol–water partition coefficient (Wildman–Crippen LogP) is 2.94. The van der Waals surface area contributed by atoms with E-state index in [1.807, 2.05) is 53.2 Å². The van der Waals surface area contributed by atoms with Gasteiger partial charge in [0.1, 0.15) is 5.52 Å². The van der Waals surface area contributed by atoms with Gasteiger partial charge in [0.25, 0.3) is 5.91 Å². The molecule has 0 bridgehead atoms. The topological polar surface area (TPSA) is 86.1 Å². The zero-order valence-corrected chi connectivity index (χ0v) is 15.9. The van der Waals surface area contributed by atoms with E-state index in [2.05, 4.69) is 20.4 Å². The van der Waals surface area contributed by atoms with Gasteiger partial charge in [-0.15, -0.1) is 5.10 Å².